The van der Waals surface area contributed by atoms with Crippen LogP contribution in [0.2, 0.25) is 10.0 Å². The summed E-state index contributed by atoms with van der Waals surface area (Å²) in [6, 6.07) is 15.0. The fourth-order valence-corrected chi connectivity index (χ4v) is 5.02. The summed E-state index contributed by atoms with van der Waals surface area (Å²) >= 11 is 15.6. The van der Waals surface area contributed by atoms with Gasteiger partial charge in [-0.15, -0.1) is 0 Å². The number of amides is 1. The summed E-state index contributed by atoms with van der Waals surface area (Å²) in [6.45, 7) is 0.189. The van der Waals surface area contributed by atoms with Crippen molar-refractivity contribution in [1.29, 1.82) is 0 Å². The molecule has 174 valence electrons. The zero-order valence-electron chi connectivity index (χ0n) is 17.6. The van der Waals surface area contributed by atoms with Gasteiger partial charge in [0.25, 0.3) is 5.91 Å². The Labute approximate surface area is 223 Å². The number of carbonyl (C=O) groups is 1. The molecule has 0 radical (unpaired) electrons. The number of hydrogen-bond donors (Lipinski definition) is 1. The molecule has 1 saturated heterocycles. The molecule has 1 N–H and O–H groups in total. The number of methoxy groups -OCH3 is 1. The minimum Gasteiger partial charge on any atom is -0.493 e. The second-order valence-corrected chi connectivity index (χ2v) is 9.99. The van der Waals surface area contributed by atoms with E-state index >= 15 is 0 Å². The lowest BCUT2D eigenvalue weighted by Crippen LogP contribution is -2.19. The minimum absolute atomic E-state index is 0.189. The van der Waals surface area contributed by atoms with Gasteiger partial charge in [-0.05, 0) is 88.0 Å². The number of aliphatic imine (C=N–C) groups is 1. The Morgan fingerprint density at radius 1 is 1.18 bits per heavy atom. The fraction of sp³-hybridized carbons (Fsp3) is 0.0833. The van der Waals surface area contributed by atoms with Crippen LogP contribution in [0.15, 0.2) is 64.5 Å². The summed E-state index contributed by atoms with van der Waals surface area (Å²) < 4.78 is 25.6. The van der Waals surface area contributed by atoms with Crippen molar-refractivity contribution < 1.29 is 18.7 Å². The molecule has 0 aromatic heterocycles. The minimum atomic E-state index is -0.322. The van der Waals surface area contributed by atoms with E-state index in [0.717, 1.165) is 9.13 Å². The van der Waals surface area contributed by atoms with Crippen molar-refractivity contribution in [1.82, 2.24) is 5.32 Å². The van der Waals surface area contributed by atoms with E-state index in [2.05, 4.69) is 32.9 Å². The monoisotopic (exact) mass is 628 g/mol. The Hall–Kier alpha value is -2.27. The van der Waals surface area contributed by atoms with Gasteiger partial charge in [0.1, 0.15) is 12.4 Å². The number of halogens is 4. The molecule has 1 aliphatic heterocycles. The lowest BCUT2D eigenvalue weighted by atomic mass is 10.2. The molecule has 0 atom stereocenters. The van der Waals surface area contributed by atoms with Gasteiger partial charge in [0.15, 0.2) is 16.7 Å². The largest absolute Gasteiger partial charge is 0.493 e. The number of rotatable bonds is 6. The maximum Gasteiger partial charge on any atom is 0.264 e. The summed E-state index contributed by atoms with van der Waals surface area (Å²) in [5.74, 6) is 0.439. The van der Waals surface area contributed by atoms with Crippen molar-refractivity contribution in [3.05, 3.63) is 90.1 Å². The van der Waals surface area contributed by atoms with Gasteiger partial charge in [-0.2, -0.15) is 0 Å². The molecule has 0 bridgehead atoms. The quantitative estimate of drug-likeness (QED) is 0.231. The van der Waals surface area contributed by atoms with Gasteiger partial charge in [-0.1, -0.05) is 41.4 Å². The highest BCUT2D eigenvalue weighted by molar-refractivity contribution is 14.1. The lowest BCUT2D eigenvalue weighted by molar-refractivity contribution is -0.115. The van der Waals surface area contributed by atoms with Gasteiger partial charge >= 0.3 is 0 Å². The highest BCUT2D eigenvalue weighted by Crippen LogP contribution is 2.37. The predicted octanol–water partition coefficient (Wildman–Crippen LogP) is 7.22. The van der Waals surface area contributed by atoms with Crippen molar-refractivity contribution in [2.24, 2.45) is 4.99 Å². The fourth-order valence-electron chi connectivity index (χ4n) is 3.07. The number of benzene rings is 3. The van der Waals surface area contributed by atoms with E-state index in [1.807, 2.05) is 6.07 Å². The smallest absolute Gasteiger partial charge is 0.264 e. The molecule has 1 heterocycles. The third-order valence-electron chi connectivity index (χ3n) is 4.63. The third kappa shape index (κ3) is 5.86. The number of amidine groups is 1. The Morgan fingerprint density at radius 3 is 2.74 bits per heavy atom. The third-order valence-corrected chi connectivity index (χ3v) is 7.15. The molecule has 1 fully saturated rings. The molecule has 5 nitrogen and oxygen atoms in total. The first kappa shape index (κ1) is 24.8. The van der Waals surface area contributed by atoms with E-state index < -0.39 is 0 Å². The Balaban J connectivity index is 1.55. The first-order valence-corrected chi connectivity index (χ1v) is 12.5. The van der Waals surface area contributed by atoms with Crippen LogP contribution < -0.4 is 14.8 Å². The summed E-state index contributed by atoms with van der Waals surface area (Å²) in [5.41, 5.74) is 1.92. The number of ether oxygens (including phenoxy) is 2. The Kier molecular flexibility index (Phi) is 8.02. The number of hydrogen-bond acceptors (Lipinski definition) is 5. The first-order valence-electron chi connectivity index (χ1n) is 9.82. The van der Waals surface area contributed by atoms with Crippen LogP contribution in [0.5, 0.6) is 11.5 Å². The molecule has 0 spiro atoms. The molecule has 10 heteroatoms. The van der Waals surface area contributed by atoms with E-state index in [9.17, 15) is 9.18 Å². The average Bonchev–Trinajstić information content (AvgIpc) is 3.14. The number of carbonyl (C=O) groups excluding carboxylic acids is 1. The van der Waals surface area contributed by atoms with Gasteiger partial charge < -0.3 is 14.8 Å². The number of thioether (sulfide) groups is 1. The van der Waals surface area contributed by atoms with E-state index in [-0.39, 0.29) is 18.3 Å². The molecule has 34 heavy (non-hydrogen) atoms. The standard InChI is InChI=1S/C24H16Cl2FIN2O3S/c1-32-19-10-14(9-17(28)22(19)33-12-13-4-2-5-15(27)8-13)11-20-23(31)30-24(34-20)29-18-7-3-6-16(25)21(18)26/h2-11H,12H2,1H3,(H,29,30,31)/b20-11+. The highest BCUT2D eigenvalue weighted by Gasteiger charge is 2.24. The normalized spacial score (nSPS) is 15.6. The van der Waals surface area contributed by atoms with Crippen LogP contribution in [0.3, 0.4) is 0 Å². The van der Waals surface area contributed by atoms with Gasteiger partial charge in [0, 0.05) is 0 Å². The van der Waals surface area contributed by atoms with Crippen molar-refractivity contribution in [2.75, 3.05) is 7.11 Å². The maximum absolute atomic E-state index is 13.4. The van der Waals surface area contributed by atoms with Crippen LogP contribution in [0.25, 0.3) is 6.08 Å². The molecule has 0 saturated carbocycles. The van der Waals surface area contributed by atoms with E-state index in [0.29, 0.717) is 42.9 Å². The second kappa shape index (κ2) is 11.0. The van der Waals surface area contributed by atoms with Crippen molar-refractivity contribution in [2.45, 2.75) is 6.61 Å². The number of nitrogens with zero attached hydrogens (tertiary/aromatic N) is 1. The second-order valence-electron chi connectivity index (χ2n) is 7.01. The molecule has 1 amide bonds. The van der Waals surface area contributed by atoms with Crippen LogP contribution in [0.4, 0.5) is 10.1 Å². The molecular formula is C24H16Cl2FIN2O3S. The van der Waals surface area contributed by atoms with Gasteiger partial charge in [0.2, 0.25) is 0 Å². The predicted molar refractivity (Wildman–Crippen MR) is 144 cm³/mol. The summed E-state index contributed by atoms with van der Waals surface area (Å²) in [4.78, 5) is 17.4. The molecule has 0 unspecified atom stereocenters. The number of nitrogens with one attached hydrogen (secondary N) is 1. The first-order chi connectivity index (χ1) is 16.3. The average molecular weight is 629 g/mol. The van der Waals surface area contributed by atoms with Gasteiger partial charge in [-0.25, -0.2) is 9.38 Å². The van der Waals surface area contributed by atoms with E-state index in [4.69, 9.17) is 32.7 Å². The van der Waals surface area contributed by atoms with E-state index in [1.54, 1.807) is 42.5 Å². The summed E-state index contributed by atoms with van der Waals surface area (Å²) in [5, 5.41) is 3.83. The van der Waals surface area contributed by atoms with Crippen LogP contribution in [-0.2, 0) is 11.4 Å². The zero-order chi connectivity index (χ0) is 24.2. The molecule has 3 aromatic rings. The van der Waals surface area contributed by atoms with Crippen molar-refractivity contribution in [3.63, 3.8) is 0 Å². The molecule has 3 aromatic carbocycles. The molecule has 0 aliphatic carbocycles. The van der Waals surface area contributed by atoms with E-state index in [1.165, 1.54) is 31.0 Å². The Bertz CT molecular complexity index is 1330. The zero-order valence-corrected chi connectivity index (χ0v) is 22.1. The maximum atomic E-state index is 13.4. The van der Waals surface area contributed by atoms with Gasteiger partial charge in [0.05, 0.1) is 31.3 Å². The highest BCUT2D eigenvalue weighted by atomic mass is 127. The van der Waals surface area contributed by atoms with Gasteiger partial charge in [-0.3, -0.25) is 4.79 Å². The Morgan fingerprint density at radius 2 is 1.97 bits per heavy atom. The lowest BCUT2D eigenvalue weighted by Gasteiger charge is -2.14. The summed E-state index contributed by atoms with van der Waals surface area (Å²) in [6.07, 6.45) is 1.74. The molecular weight excluding hydrogens is 613 g/mol. The van der Waals surface area contributed by atoms with Crippen LogP contribution in [0.1, 0.15) is 11.1 Å². The van der Waals surface area contributed by atoms with Crippen LogP contribution in [-0.4, -0.2) is 18.2 Å². The van der Waals surface area contributed by atoms with Crippen LogP contribution >= 0.6 is 57.6 Å². The molecule has 4 rings (SSSR count). The molecule has 1 aliphatic rings. The van der Waals surface area contributed by atoms with Crippen molar-refractivity contribution in [3.8, 4) is 11.5 Å². The SMILES string of the molecule is COc1cc(/C=C2/SC(=Nc3cccc(Cl)c3Cl)NC2=O)cc(I)c1OCc1cccc(F)c1. The topological polar surface area (TPSA) is 59.9 Å². The summed E-state index contributed by atoms with van der Waals surface area (Å²) in [7, 11) is 1.54. The van der Waals surface area contributed by atoms with Crippen molar-refractivity contribution >= 4 is 80.4 Å². The van der Waals surface area contributed by atoms with Crippen LogP contribution in [0, 0.1) is 9.39 Å².